The minimum Gasteiger partial charge on any atom is -0.480 e. The molecule has 0 spiro atoms. The lowest BCUT2D eigenvalue weighted by Crippen LogP contribution is -2.41. The molecule has 2 aliphatic heterocycles. The lowest BCUT2D eigenvalue weighted by molar-refractivity contribution is -0.138. The first-order valence-corrected chi connectivity index (χ1v) is 7.46. The molecular weight excluding hydrogens is 260 g/mol. The molecule has 0 saturated carbocycles. The molecule has 2 heterocycles. The Hall–Kier alpha value is -1.14. The minimum atomic E-state index is -0.806. The number of aliphatic carboxylic acids is 1. The van der Waals surface area contributed by atoms with E-state index in [1.165, 1.54) is 0 Å². The van der Waals surface area contributed by atoms with Crippen LogP contribution in [0.4, 0.5) is 0 Å². The summed E-state index contributed by atoms with van der Waals surface area (Å²) in [7, 11) is 0. The molecular formula is C14H24N2O4. The summed E-state index contributed by atoms with van der Waals surface area (Å²) in [6.07, 6.45) is 2.58. The molecule has 6 nitrogen and oxygen atoms in total. The number of nitrogens with zero attached hydrogens (tertiary/aromatic N) is 2. The van der Waals surface area contributed by atoms with E-state index in [1.54, 1.807) is 0 Å². The van der Waals surface area contributed by atoms with Crippen LogP contribution in [0, 0.1) is 5.92 Å². The fourth-order valence-electron chi connectivity index (χ4n) is 3.11. The number of carboxylic acids is 1. The number of amides is 1. The average molecular weight is 284 g/mol. The molecule has 2 rings (SSSR count). The van der Waals surface area contributed by atoms with Crippen LogP contribution >= 0.6 is 0 Å². The second-order valence-corrected chi connectivity index (χ2v) is 5.56. The molecule has 2 unspecified atom stereocenters. The molecule has 20 heavy (non-hydrogen) atoms. The van der Waals surface area contributed by atoms with E-state index < -0.39 is 5.97 Å². The summed E-state index contributed by atoms with van der Waals surface area (Å²) < 4.78 is 5.60. The van der Waals surface area contributed by atoms with Crippen LogP contribution in [0.15, 0.2) is 0 Å². The van der Waals surface area contributed by atoms with E-state index in [-0.39, 0.29) is 24.5 Å². The van der Waals surface area contributed by atoms with Gasteiger partial charge in [-0.15, -0.1) is 0 Å². The van der Waals surface area contributed by atoms with Gasteiger partial charge in [0, 0.05) is 32.8 Å². The zero-order valence-electron chi connectivity index (χ0n) is 12.1. The van der Waals surface area contributed by atoms with Gasteiger partial charge in [0.25, 0.3) is 0 Å². The largest absolute Gasteiger partial charge is 0.480 e. The van der Waals surface area contributed by atoms with Gasteiger partial charge in [-0.2, -0.15) is 0 Å². The van der Waals surface area contributed by atoms with E-state index in [0.717, 1.165) is 32.4 Å². The Balaban J connectivity index is 1.89. The Bertz CT molecular complexity index is 361. The van der Waals surface area contributed by atoms with Gasteiger partial charge in [-0.1, -0.05) is 6.92 Å². The Morgan fingerprint density at radius 1 is 1.25 bits per heavy atom. The van der Waals surface area contributed by atoms with Crippen molar-refractivity contribution in [1.29, 1.82) is 0 Å². The van der Waals surface area contributed by atoms with Crippen molar-refractivity contribution in [1.82, 2.24) is 9.80 Å². The first-order chi connectivity index (χ1) is 9.61. The Morgan fingerprint density at radius 3 is 2.75 bits per heavy atom. The highest BCUT2D eigenvalue weighted by molar-refractivity contribution is 5.79. The smallest absolute Gasteiger partial charge is 0.317 e. The van der Waals surface area contributed by atoms with Crippen LogP contribution in [0.2, 0.25) is 0 Å². The number of carbonyl (C=O) groups excluding carboxylic acids is 1. The van der Waals surface area contributed by atoms with Gasteiger partial charge < -0.3 is 14.7 Å². The topological polar surface area (TPSA) is 70.1 Å². The summed E-state index contributed by atoms with van der Waals surface area (Å²) in [5.41, 5.74) is 0. The molecule has 2 fully saturated rings. The molecule has 2 aliphatic rings. The molecule has 0 aromatic rings. The number of ether oxygens (including phenoxy) is 1. The van der Waals surface area contributed by atoms with E-state index in [1.807, 2.05) is 16.7 Å². The van der Waals surface area contributed by atoms with Crippen molar-refractivity contribution >= 4 is 11.9 Å². The van der Waals surface area contributed by atoms with Gasteiger partial charge in [0.05, 0.1) is 18.6 Å². The van der Waals surface area contributed by atoms with E-state index in [4.69, 9.17) is 9.84 Å². The summed E-state index contributed by atoms with van der Waals surface area (Å²) in [4.78, 5) is 27.1. The first kappa shape index (κ1) is 15.3. The summed E-state index contributed by atoms with van der Waals surface area (Å²) in [6, 6.07) is 0. The van der Waals surface area contributed by atoms with Crippen LogP contribution in [0.5, 0.6) is 0 Å². The van der Waals surface area contributed by atoms with Crippen LogP contribution in [-0.2, 0) is 14.3 Å². The number of hydrogen-bond acceptors (Lipinski definition) is 4. The summed E-state index contributed by atoms with van der Waals surface area (Å²) in [5.74, 6) is -0.627. The third kappa shape index (κ3) is 3.70. The SMILES string of the molecule is CCC1OCCC1C(=O)N1CCCN(CC(=O)O)CC1. The molecule has 0 bridgehead atoms. The van der Waals surface area contributed by atoms with Gasteiger partial charge in [0.15, 0.2) is 0 Å². The van der Waals surface area contributed by atoms with Crippen molar-refractivity contribution in [3.8, 4) is 0 Å². The van der Waals surface area contributed by atoms with Crippen LogP contribution < -0.4 is 0 Å². The molecule has 1 N–H and O–H groups in total. The van der Waals surface area contributed by atoms with Gasteiger partial charge in [-0.25, -0.2) is 0 Å². The van der Waals surface area contributed by atoms with E-state index in [2.05, 4.69) is 0 Å². The van der Waals surface area contributed by atoms with Crippen molar-refractivity contribution in [2.75, 3.05) is 39.3 Å². The molecule has 114 valence electrons. The van der Waals surface area contributed by atoms with Crippen molar-refractivity contribution in [3.05, 3.63) is 0 Å². The number of carbonyl (C=O) groups is 2. The van der Waals surface area contributed by atoms with E-state index >= 15 is 0 Å². The lowest BCUT2D eigenvalue weighted by atomic mass is 9.98. The fourth-order valence-corrected chi connectivity index (χ4v) is 3.11. The normalized spacial score (nSPS) is 28.4. The second kappa shape index (κ2) is 7.04. The second-order valence-electron chi connectivity index (χ2n) is 5.56. The highest BCUT2D eigenvalue weighted by atomic mass is 16.5. The van der Waals surface area contributed by atoms with Gasteiger partial charge in [0.2, 0.25) is 5.91 Å². The highest BCUT2D eigenvalue weighted by Gasteiger charge is 2.35. The quantitative estimate of drug-likeness (QED) is 0.810. The molecule has 0 aromatic carbocycles. The zero-order chi connectivity index (χ0) is 14.5. The highest BCUT2D eigenvalue weighted by Crippen LogP contribution is 2.25. The average Bonchev–Trinajstić information content (AvgIpc) is 2.77. The number of carboxylic acid groups (broad SMARTS) is 1. The minimum absolute atomic E-state index is 0.00831. The Kier molecular flexibility index (Phi) is 5.37. The molecule has 1 amide bonds. The summed E-state index contributed by atoms with van der Waals surface area (Å²) in [6.45, 7) is 5.52. The van der Waals surface area contributed by atoms with Crippen molar-refractivity contribution < 1.29 is 19.4 Å². The third-order valence-corrected chi connectivity index (χ3v) is 4.19. The fraction of sp³-hybridized carbons (Fsp3) is 0.857. The number of hydrogen-bond donors (Lipinski definition) is 1. The number of rotatable bonds is 4. The monoisotopic (exact) mass is 284 g/mol. The molecule has 2 atom stereocenters. The van der Waals surface area contributed by atoms with E-state index in [0.29, 0.717) is 19.7 Å². The summed E-state index contributed by atoms with van der Waals surface area (Å²) in [5, 5.41) is 8.83. The van der Waals surface area contributed by atoms with Crippen molar-refractivity contribution in [3.63, 3.8) is 0 Å². The van der Waals surface area contributed by atoms with Crippen LogP contribution in [0.25, 0.3) is 0 Å². The summed E-state index contributed by atoms with van der Waals surface area (Å²) >= 11 is 0. The van der Waals surface area contributed by atoms with Gasteiger partial charge in [0.1, 0.15) is 0 Å². The maximum absolute atomic E-state index is 12.6. The van der Waals surface area contributed by atoms with Crippen LogP contribution in [-0.4, -0.2) is 72.2 Å². The van der Waals surface area contributed by atoms with Gasteiger partial charge >= 0.3 is 5.97 Å². The maximum atomic E-state index is 12.6. The first-order valence-electron chi connectivity index (χ1n) is 7.46. The predicted octanol–water partition coefficient (Wildman–Crippen LogP) is 0.420. The predicted molar refractivity (Wildman–Crippen MR) is 73.4 cm³/mol. The Morgan fingerprint density at radius 2 is 2.05 bits per heavy atom. The zero-order valence-corrected chi connectivity index (χ0v) is 12.1. The third-order valence-electron chi connectivity index (χ3n) is 4.19. The van der Waals surface area contributed by atoms with Crippen molar-refractivity contribution in [2.24, 2.45) is 5.92 Å². The maximum Gasteiger partial charge on any atom is 0.317 e. The van der Waals surface area contributed by atoms with Gasteiger partial charge in [-0.3, -0.25) is 14.5 Å². The van der Waals surface area contributed by atoms with E-state index in [9.17, 15) is 9.59 Å². The Labute approximate surface area is 119 Å². The van der Waals surface area contributed by atoms with Crippen molar-refractivity contribution in [2.45, 2.75) is 32.3 Å². The lowest BCUT2D eigenvalue weighted by Gasteiger charge is -2.26. The molecule has 6 heteroatoms. The molecule has 2 saturated heterocycles. The molecule has 0 aromatic heterocycles. The van der Waals surface area contributed by atoms with Crippen LogP contribution in [0.1, 0.15) is 26.2 Å². The molecule has 0 aliphatic carbocycles. The van der Waals surface area contributed by atoms with Gasteiger partial charge in [-0.05, 0) is 19.3 Å². The standard InChI is InChI=1S/C14H24N2O4/c1-2-12-11(4-9-20-12)14(19)16-6-3-5-15(7-8-16)10-13(17)18/h11-12H,2-10H2,1H3,(H,17,18). The molecule has 0 radical (unpaired) electrons. The van der Waals surface area contributed by atoms with Crippen LogP contribution in [0.3, 0.4) is 0 Å².